The number of hydrogen-bond donors (Lipinski definition) is 1. The van der Waals surface area contributed by atoms with Crippen LogP contribution < -0.4 is 5.32 Å². The first-order valence-electron chi connectivity index (χ1n) is 4.26. The second-order valence-corrected chi connectivity index (χ2v) is 3.30. The lowest BCUT2D eigenvalue weighted by Crippen LogP contribution is -2.27. The molecule has 1 rings (SSSR count). The van der Waals surface area contributed by atoms with Gasteiger partial charge in [-0.05, 0) is 11.6 Å². The Balaban J connectivity index is 2.53. The van der Waals surface area contributed by atoms with Gasteiger partial charge in [0.05, 0.1) is 5.02 Å². The third-order valence-corrected chi connectivity index (χ3v) is 1.97. The first-order chi connectivity index (χ1) is 7.15. The number of nitrogens with one attached hydrogen (secondary N) is 1. The first-order valence-corrected chi connectivity index (χ1v) is 4.64. The smallest absolute Gasteiger partial charge is 0.267 e. The molecule has 1 aromatic heterocycles. The van der Waals surface area contributed by atoms with Gasteiger partial charge in [-0.1, -0.05) is 16.7 Å². The van der Waals surface area contributed by atoms with Gasteiger partial charge in [-0.15, -0.1) is 0 Å². The van der Waals surface area contributed by atoms with Crippen LogP contribution >= 0.6 is 11.6 Å². The fraction of sp³-hybridized carbons (Fsp3) is 0.375. The van der Waals surface area contributed by atoms with Crippen molar-refractivity contribution in [1.82, 2.24) is 9.88 Å². The maximum absolute atomic E-state index is 11.5. The molecule has 15 heavy (non-hydrogen) atoms. The molecule has 0 fully saturated rings. The zero-order chi connectivity index (χ0) is 11.3. The summed E-state index contributed by atoms with van der Waals surface area (Å²) in [5.41, 5.74) is 8.49. The average Bonchev–Trinajstić information content (AvgIpc) is 2.52. The van der Waals surface area contributed by atoms with Crippen LogP contribution in [0.15, 0.2) is 17.4 Å². The number of halogens is 1. The number of rotatable bonds is 4. The molecular weight excluding hydrogens is 218 g/mol. The van der Waals surface area contributed by atoms with Crippen LogP contribution in [0.4, 0.5) is 0 Å². The lowest BCUT2D eigenvalue weighted by molar-refractivity contribution is 0.0946. The Morgan fingerprint density at radius 2 is 2.53 bits per heavy atom. The minimum absolute atomic E-state index is 0.237. The van der Waals surface area contributed by atoms with Gasteiger partial charge in [-0.25, -0.2) is 0 Å². The Kier molecular flexibility index (Phi) is 4.03. The predicted molar refractivity (Wildman–Crippen MR) is 56.8 cm³/mol. The number of carbonyl (C=O) groups is 1. The highest BCUT2D eigenvalue weighted by Crippen LogP contribution is 2.12. The van der Waals surface area contributed by atoms with Gasteiger partial charge in [-0.3, -0.25) is 4.79 Å². The summed E-state index contributed by atoms with van der Waals surface area (Å²) < 4.78 is 1.63. The monoisotopic (exact) mass is 227 g/mol. The summed E-state index contributed by atoms with van der Waals surface area (Å²) in [6, 6.07) is 1.57. The fourth-order valence-corrected chi connectivity index (χ4v) is 1.35. The molecule has 1 amide bonds. The third kappa shape index (κ3) is 3.19. The van der Waals surface area contributed by atoms with Crippen molar-refractivity contribution in [2.24, 2.45) is 12.2 Å². The van der Waals surface area contributed by atoms with Crippen molar-refractivity contribution in [3.63, 3.8) is 0 Å². The molecule has 1 heterocycles. The number of azide groups is 1. The number of aryl methyl sites for hydroxylation is 1. The minimum atomic E-state index is -0.238. The predicted octanol–water partition coefficient (Wildman–Crippen LogP) is 1.72. The van der Waals surface area contributed by atoms with Crippen LogP contribution in [-0.2, 0) is 7.05 Å². The van der Waals surface area contributed by atoms with Gasteiger partial charge >= 0.3 is 0 Å². The molecule has 0 aliphatic heterocycles. The van der Waals surface area contributed by atoms with Crippen molar-refractivity contribution >= 4 is 17.5 Å². The van der Waals surface area contributed by atoms with E-state index in [2.05, 4.69) is 15.3 Å². The van der Waals surface area contributed by atoms with Gasteiger partial charge in [0.2, 0.25) is 0 Å². The second-order valence-electron chi connectivity index (χ2n) is 2.86. The van der Waals surface area contributed by atoms with E-state index < -0.39 is 0 Å². The molecule has 7 heteroatoms. The molecule has 0 unspecified atom stereocenters. The average molecular weight is 228 g/mol. The van der Waals surface area contributed by atoms with Crippen molar-refractivity contribution in [3.8, 4) is 0 Å². The summed E-state index contributed by atoms with van der Waals surface area (Å²) >= 11 is 5.73. The summed E-state index contributed by atoms with van der Waals surface area (Å²) in [7, 11) is 1.73. The standard InChI is InChI=1S/C8H10ClN5O/c1-14-5-6(9)4-7(14)8(15)11-2-3-12-13-10/h4-5H,2-3H2,1H3,(H,11,15). The normalized spacial score (nSPS) is 9.47. The number of amides is 1. The zero-order valence-electron chi connectivity index (χ0n) is 8.14. The van der Waals surface area contributed by atoms with Crippen molar-refractivity contribution < 1.29 is 4.79 Å². The van der Waals surface area contributed by atoms with Crippen LogP contribution in [-0.4, -0.2) is 23.6 Å². The Morgan fingerprint density at radius 1 is 1.80 bits per heavy atom. The first kappa shape index (κ1) is 11.4. The lowest BCUT2D eigenvalue weighted by Gasteiger charge is -2.03. The zero-order valence-corrected chi connectivity index (χ0v) is 8.90. The number of carbonyl (C=O) groups excluding carboxylic acids is 1. The molecule has 0 radical (unpaired) electrons. The number of hydrogen-bond acceptors (Lipinski definition) is 2. The Labute approximate surface area is 91.5 Å². The molecule has 1 N–H and O–H groups in total. The maximum Gasteiger partial charge on any atom is 0.267 e. The highest BCUT2D eigenvalue weighted by Gasteiger charge is 2.09. The summed E-state index contributed by atoms with van der Waals surface area (Å²) in [6.45, 7) is 0.548. The molecule has 6 nitrogen and oxygen atoms in total. The van der Waals surface area contributed by atoms with Gasteiger partial charge in [-0.2, -0.15) is 0 Å². The Morgan fingerprint density at radius 3 is 3.07 bits per heavy atom. The SMILES string of the molecule is Cn1cc(Cl)cc1C(=O)NCCN=[N+]=[N-]. The van der Waals surface area contributed by atoms with E-state index in [1.807, 2.05) is 0 Å². The fourth-order valence-electron chi connectivity index (χ4n) is 1.10. The summed E-state index contributed by atoms with van der Waals surface area (Å²) in [4.78, 5) is 14.1. The largest absolute Gasteiger partial charge is 0.351 e. The van der Waals surface area contributed by atoms with Crippen LogP contribution in [0.1, 0.15) is 10.5 Å². The van der Waals surface area contributed by atoms with Crippen LogP contribution in [0.25, 0.3) is 10.4 Å². The van der Waals surface area contributed by atoms with E-state index in [0.29, 0.717) is 17.3 Å². The van der Waals surface area contributed by atoms with Crippen molar-refractivity contribution in [2.75, 3.05) is 13.1 Å². The van der Waals surface area contributed by atoms with E-state index >= 15 is 0 Å². The molecule has 80 valence electrons. The van der Waals surface area contributed by atoms with Gasteiger partial charge < -0.3 is 9.88 Å². The van der Waals surface area contributed by atoms with E-state index in [1.165, 1.54) is 0 Å². The summed E-state index contributed by atoms with van der Waals surface area (Å²) in [6.07, 6.45) is 1.64. The number of nitrogens with zero attached hydrogens (tertiary/aromatic N) is 4. The van der Waals surface area contributed by atoms with Crippen molar-refractivity contribution in [2.45, 2.75) is 0 Å². The van der Waals surface area contributed by atoms with Crippen molar-refractivity contribution in [1.29, 1.82) is 0 Å². The molecule has 0 saturated carbocycles. The van der Waals surface area contributed by atoms with E-state index in [4.69, 9.17) is 17.1 Å². The third-order valence-electron chi connectivity index (χ3n) is 1.76. The molecule has 0 aliphatic carbocycles. The van der Waals surface area contributed by atoms with Gasteiger partial charge in [0, 0.05) is 31.2 Å². The van der Waals surface area contributed by atoms with Crippen LogP contribution in [0, 0.1) is 0 Å². The Hall–Kier alpha value is -1.65. The van der Waals surface area contributed by atoms with Gasteiger partial charge in [0.1, 0.15) is 5.69 Å². The van der Waals surface area contributed by atoms with Gasteiger partial charge in [0.15, 0.2) is 0 Å². The van der Waals surface area contributed by atoms with E-state index in [9.17, 15) is 4.79 Å². The van der Waals surface area contributed by atoms with Crippen LogP contribution in [0.5, 0.6) is 0 Å². The van der Waals surface area contributed by atoms with Crippen molar-refractivity contribution in [3.05, 3.63) is 33.4 Å². The quantitative estimate of drug-likeness (QED) is 0.361. The van der Waals surface area contributed by atoms with E-state index in [1.54, 1.807) is 23.9 Å². The molecule has 0 spiro atoms. The summed E-state index contributed by atoms with van der Waals surface area (Å²) in [5, 5.41) is 6.41. The topological polar surface area (TPSA) is 82.8 Å². The Bertz CT molecular complexity index is 407. The molecule has 0 aliphatic rings. The van der Waals surface area contributed by atoms with Crippen LogP contribution in [0.2, 0.25) is 5.02 Å². The molecule has 0 atom stereocenters. The molecular formula is C8H10ClN5O. The maximum atomic E-state index is 11.5. The molecule has 1 aromatic rings. The summed E-state index contributed by atoms with van der Waals surface area (Å²) in [5.74, 6) is -0.238. The lowest BCUT2D eigenvalue weighted by atomic mass is 10.4. The molecule has 0 bridgehead atoms. The molecule has 0 saturated heterocycles. The van der Waals surface area contributed by atoms with E-state index in [-0.39, 0.29) is 12.5 Å². The number of aromatic nitrogens is 1. The second kappa shape index (κ2) is 5.29. The van der Waals surface area contributed by atoms with Gasteiger partial charge in [0.25, 0.3) is 5.91 Å². The minimum Gasteiger partial charge on any atom is -0.351 e. The highest BCUT2D eigenvalue weighted by atomic mass is 35.5. The van der Waals surface area contributed by atoms with Crippen LogP contribution in [0.3, 0.4) is 0 Å². The molecule has 0 aromatic carbocycles. The highest BCUT2D eigenvalue weighted by molar-refractivity contribution is 6.31. The van der Waals surface area contributed by atoms with E-state index in [0.717, 1.165) is 0 Å².